The van der Waals surface area contributed by atoms with Gasteiger partial charge in [0.25, 0.3) is 11.6 Å². The number of amides is 1. The summed E-state index contributed by atoms with van der Waals surface area (Å²) in [5, 5.41) is 17.4. The van der Waals surface area contributed by atoms with Crippen molar-refractivity contribution in [2.75, 3.05) is 29.9 Å². The summed E-state index contributed by atoms with van der Waals surface area (Å²) in [7, 11) is 0. The highest BCUT2D eigenvalue weighted by Gasteiger charge is 2.25. The molecule has 1 N–H and O–H groups in total. The highest BCUT2D eigenvalue weighted by atomic mass is 16.6. The molecule has 1 aliphatic rings. The number of nitrogens with zero attached hydrogens (tertiary/aromatic N) is 3. The number of nitro groups is 1. The maximum atomic E-state index is 12.2. The minimum atomic E-state index is -0.822. The largest absolute Gasteiger partial charge is 0.452 e. The zero-order valence-corrected chi connectivity index (χ0v) is 15.3. The lowest BCUT2D eigenvalue weighted by Gasteiger charge is -2.31. The first-order valence-corrected chi connectivity index (χ1v) is 8.85. The first-order chi connectivity index (χ1) is 13.4. The van der Waals surface area contributed by atoms with Gasteiger partial charge in [0.2, 0.25) is 0 Å². The average molecular weight is 388 g/mol. The van der Waals surface area contributed by atoms with Crippen LogP contribution in [0, 0.1) is 16.0 Å². The van der Waals surface area contributed by atoms with E-state index in [0.29, 0.717) is 11.6 Å². The molecule has 10 nitrogen and oxygen atoms in total. The van der Waals surface area contributed by atoms with E-state index in [1.165, 1.54) is 24.5 Å². The highest BCUT2D eigenvalue weighted by molar-refractivity contribution is 5.95. The second kappa shape index (κ2) is 8.51. The van der Waals surface area contributed by atoms with E-state index in [2.05, 4.69) is 21.9 Å². The van der Waals surface area contributed by atoms with Gasteiger partial charge in [0.15, 0.2) is 12.4 Å². The summed E-state index contributed by atoms with van der Waals surface area (Å²) in [6.07, 6.45) is 3.20. The van der Waals surface area contributed by atoms with Gasteiger partial charge in [-0.2, -0.15) is 0 Å². The van der Waals surface area contributed by atoms with Crippen LogP contribution in [0.4, 0.5) is 17.2 Å². The van der Waals surface area contributed by atoms with Crippen LogP contribution in [0.3, 0.4) is 0 Å². The summed E-state index contributed by atoms with van der Waals surface area (Å²) in [4.78, 5) is 36.8. The number of rotatable bonds is 6. The number of aromatic nitrogens is 1. The number of esters is 1. The second-order valence-corrected chi connectivity index (χ2v) is 6.64. The maximum Gasteiger partial charge on any atom is 0.338 e. The van der Waals surface area contributed by atoms with Crippen molar-refractivity contribution < 1.29 is 23.8 Å². The van der Waals surface area contributed by atoms with E-state index in [-0.39, 0.29) is 17.1 Å². The van der Waals surface area contributed by atoms with Gasteiger partial charge in [-0.15, -0.1) is 0 Å². The predicted octanol–water partition coefficient (Wildman–Crippen LogP) is 2.61. The van der Waals surface area contributed by atoms with Crippen molar-refractivity contribution in [1.29, 1.82) is 0 Å². The van der Waals surface area contributed by atoms with E-state index < -0.39 is 23.4 Å². The van der Waals surface area contributed by atoms with Crippen LogP contribution in [0.2, 0.25) is 0 Å². The smallest absolute Gasteiger partial charge is 0.338 e. The van der Waals surface area contributed by atoms with Gasteiger partial charge in [-0.3, -0.25) is 14.9 Å². The van der Waals surface area contributed by atoms with Gasteiger partial charge in [0.05, 0.1) is 10.5 Å². The Bertz CT molecular complexity index is 859. The van der Waals surface area contributed by atoms with Crippen LogP contribution in [-0.4, -0.2) is 41.7 Å². The molecule has 10 heteroatoms. The van der Waals surface area contributed by atoms with Gasteiger partial charge >= 0.3 is 5.97 Å². The molecule has 0 unspecified atom stereocenters. The van der Waals surface area contributed by atoms with Crippen molar-refractivity contribution in [2.45, 2.75) is 19.8 Å². The number of carbonyl (C=O) groups excluding carboxylic acids is 2. The molecule has 0 radical (unpaired) electrons. The van der Waals surface area contributed by atoms with Crippen molar-refractivity contribution in [3.8, 4) is 0 Å². The molecule has 1 aliphatic heterocycles. The molecular weight excluding hydrogens is 368 g/mol. The number of hydrogen-bond acceptors (Lipinski definition) is 8. The van der Waals surface area contributed by atoms with Crippen LogP contribution in [0.25, 0.3) is 0 Å². The number of carbonyl (C=O) groups is 2. The van der Waals surface area contributed by atoms with E-state index >= 15 is 0 Å². The van der Waals surface area contributed by atoms with Crippen molar-refractivity contribution in [1.82, 2.24) is 5.16 Å². The lowest BCUT2D eigenvalue weighted by Crippen LogP contribution is -2.33. The average Bonchev–Trinajstić information content (AvgIpc) is 3.19. The molecule has 0 atom stereocenters. The van der Waals surface area contributed by atoms with E-state index in [9.17, 15) is 19.7 Å². The first-order valence-electron chi connectivity index (χ1n) is 8.85. The molecule has 2 heterocycles. The Morgan fingerprint density at radius 2 is 2.11 bits per heavy atom. The fourth-order valence-corrected chi connectivity index (χ4v) is 2.98. The lowest BCUT2D eigenvalue weighted by atomic mass is 9.98. The van der Waals surface area contributed by atoms with Crippen LogP contribution in [-0.2, 0) is 9.53 Å². The molecule has 0 aliphatic carbocycles. The molecular formula is C18H20N4O6. The lowest BCUT2D eigenvalue weighted by molar-refractivity contribution is -0.384. The quantitative estimate of drug-likeness (QED) is 0.454. The molecule has 28 heavy (non-hydrogen) atoms. The Labute approximate surface area is 160 Å². The van der Waals surface area contributed by atoms with Gasteiger partial charge in [0.1, 0.15) is 12.0 Å². The number of ether oxygens (including phenoxy) is 1. The Morgan fingerprint density at radius 3 is 2.75 bits per heavy atom. The van der Waals surface area contributed by atoms with Crippen LogP contribution in [0.1, 0.15) is 30.1 Å². The van der Waals surface area contributed by atoms with E-state index in [1.54, 1.807) is 6.07 Å². The Hall–Kier alpha value is -3.43. The third kappa shape index (κ3) is 4.64. The van der Waals surface area contributed by atoms with Crippen molar-refractivity contribution in [3.63, 3.8) is 0 Å². The number of nitrogens with one attached hydrogen (secondary N) is 1. The van der Waals surface area contributed by atoms with E-state index in [1.807, 2.05) is 4.90 Å². The minimum Gasteiger partial charge on any atom is -0.452 e. The van der Waals surface area contributed by atoms with Crippen LogP contribution >= 0.6 is 0 Å². The monoisotopic (exact) mass is 388 g/mol. The van der Waals surface area contributed by atoms with Crippen molar-refractivity contribution in [2.24, 2.45) is 5.92 Å². The van der Waals surface area contributed by atoms with Gasteiger partial charge in [0, 0.05) is 25.2 Å². The SMILES string of the molecule is CC1CCN(c2ccc(C(=O)OCC(=O)Nc3ccon3)cc2[N+](=O)[O-])CC1. The molecule has 2 aromatic rings. The number of anilines is 2. The number of benzene rings is 1. The van der Waals surface area contributed by atoms with E-state index in [4.69, 9.17) is 4.74 Å². The summed E-state index contributed by atoms with van der Waals surface area (Å²) in [5.41, 5.74) is 0.336. The van der Waals surface area contributed by atoms with Gasteiger partial charge in [-0.25, -0.2) is 4.79 Å². The zero-order chi connectivity index (χ0) is 20.1. The molecule has 0 spiro atoms. The summed E-state index contributed by atoms with van der Waals surface area (Å²) in [5.74, 6) is -0.641. The fraction of sp³-hybridized carbons (Fsp3) is 0.389. The molecule has 1 amide bonds. The molecule has 148 valence electrons. The molecule has 3 rings (SSSR count). The maximum absolute atomic E-state index is 12.2. The topological polar surface area (TPSA) is 128 Å². The van der Waals surface area contributed by atoms with Crippen LogP contribution in [0.15, 0.2) is 35.1 Å². The van der Waals surface area contributed by atoms with Crippen molar-refractivity contribution in [3.05, 3.63) is 46.2 Å². The Kier molecular flexibility index (Phi) is 5.87. The third-order valence-electron chi connectivity index (χ3n) is 4.57. The number of hydrogen-bond donors (Lipinski definition) is 1. The summed E-state index contributed by atoms with van der Waals surface area (Å²) in [6.45, 7) is 3.07. The fourth-order valence-electron chi connectivity index (χ4n) is 2.98. The summed E-state index contributed by atoms with van der Waals surface area (Å²) >= 11 is 0. The molecule has 0 saturated carbocycles. The Balaban J connectivity index is 1.66. The van der Waals surface area contributed by atoms with Crippen LogP contribution in [0.5, 0.6) is 0 Å². The van der Waals surface area contributed by atoms with Crippen molar-refractivity contribution >= 4 is 29.1 Å². The molecule has 1 saturated heterocycles. The normalized spacial score (nSPS) is 14.5. The predicted molar refractivity (Wildman–Crippen MR) is 99.1 cm³/mol. The molecule has 1 fully saturated rings. The number of piperidine rings is 1. The summed E-state index contributed by atoms with van der Waals surface area (Å²) < 4.78 is 9.50. The first kappa shape index (κ1) is 19.3. The molecule has 1 aromatic carbocycles. The number of nitro benzene ring substituents is 1. The molecule has 1 aromatic heterocycles. The highest BCUT2D eigenvalue weighted by Crippen LogP contribution is 2.32. The van der Waals surface area contributed by atoms with Gasteiger partial charge in [-0.1, -0.05) is 12.1 Å². The van der Waals surface area contributed by atoms with E-state index in [0.717, 1.165) is 25.9 Å². The van der Waals surface area contributed by atoms with Crippen LogP contribution < -0.4 is 10.2 Å². The molecule has 0 bridgehead atoms. The minimum absolute atomic E-state index is 0.00932. The second-order valence-electron chi connectivity index (χ2n) is 6.64. The third-order valence-corrected chi connectivity index (χ3v) is 4.57. The summed E-state index contributed by atoms with van der Waals surface area (Å²) in [6, 6.07) is 5.65. The standard InChI is InChI=1S/C18H20N4O6/c1-12-4-7-21(8-5-12)14-3-2-13(10-15(14)22(25)26)18(24)27-11-17(23)19-16-6-9-28-20-16/h2-3,6,9-10,12H,4-5,7-8,11H2,1H3,(H,19,20,23). The van der Waals surface area contributed by atoms with Gasteiger partial charge in [-0.05, 0) is 30.9 Å². The van der Waals surface area contributed by atoms with Gasteiger partial charge < -0.3 is 19.5 Å². The zero-order valence-electron chi connectivity index (χ0n) is 15.3. The Morgan fingerprint density at radius 1 is 1.36 bits per heavy atom.